The van der Waals surface area contributed by atoms with Crippen LogP contribution < -0.4 is 5.32 Å². The van der Waals surface area contributed by atoms with E-state index in [1.165, 1.54) is 0 Å². The van der Waals surface area contributed by atoms with Gasteiger partial charge >= 0.3 is 0 Å². The quantitative estimate of drug-likeness (QED) is 0.777. The van der Waals surface area contributed by atoms with Crippen LogP contribution in [0.4, 0.5) is 5.95 Å². The highest BCUT2D eigenvalue weighted by atomic mass is 16.5. The zero-order valence-electron chi connectivity index (χ0n) is 11.1. The van der Waals surface area contributed by atoms with Crippen LogP contribution in [0.2, 0.25) is 0 Å². The maximum absolute atomic E-state index is 5.02. The van der Waals surface area contributed by atoms with E-state index in [2.05, 4.69) is 20.0 Å². The van der Waals surface area contributed by atoms with E-state index in [4.69, 9.17) is 4.74 Å². The number of methoxy groups -OCH3 is 1. The van der Waals surface area contributed by atoms with Crippen LogP contribution in [0.1, 0.15) is 11.3 Å². The highest BCUT2D eigenvalue weighted by molar-refractivity contribution is 5.30. The van der Waals surface area contributed by atoms with Gasteiger partial charge in [-0.15, -0.1) is 0 Å². The third kappa shape index (κ3) is 3.10. The number of aromatic nitrogens is 4. The minimum Gasteiger partial charge on any atom is -0.383 e. The molecule has 0 aliphatic rings. The van der Waals surface area contributed by atoms with Gasteiger partial charge in [0.1, 0.15) is 0 Å². The average molecular weight is 249 g/mol. The summed E-state index contributed by atoms with van der Waals surface area (Å²) in [7, 11) is 3.61. The number of nitrogens with one attached hydrogen (secondary N) is 1. The Morgan fingerprint density at radius 2 is 2.22 bits per heavy atom. The summed E-state index contributed by atoms with van der Waals surface area (Å²) in [5, 5.41) is 7.43. The first-order valence-electron chi connectivity index (χ1n) is 5.93. The highest BCUT2D eigenvalue weighted by Crippen LogP contribution is 2.11. The molecule has 98 valence electrons. The standard InChI is InChI=1S/C12H19N5O/c1-10-7-17(9-11-6-14-16(2)8-11)12(15-10)13-4-5-18-3/h6-8H,4-5,9H2,1-3H3,(H,13,15). The van der Waals surface area contributed by atoms with Gasteiger partial charge in [0.05, 0.1) is 25.0 Å². The number of ether oxygens (including phenoxy) is 1. The smallest absolute Gasteiger partial charge is 0.203 e. The van der Waals surface area contributed by atoms with Gasteiger partial charge in [-0.25, -0.2) is 4.98 Å². The van der Waals surface area contributed by atoms with Gasteiger partial charge < -0.3 is 14.6 Å². The van der Waals surface area contributed by atoms with Crippen molar-refractivity contribution in [3.63, 3.8) is 0 Å². The summed E-state index contributed by atoms with van der Waals surface area (Å²) in [6.07, 6.45) is 5.91. The molecule has 2 aromatic heterocycles. The number of anilines is 1. The molecule has 0 fully saturated rings. The van der Waals surface area contributed by atoms with Gasteiger partial charge in [0.2, 0.25) is 5.95 Å². The molecule has 0 saturated carbocycles. The molecule has 6 heteroatoms. The SMILES string of the molecule is COCCNc1nc(C)cn1Cc1cnn(C)c1. The fraction of sp³-hybridized carbons (Fsp3) is 0.500. The van der Waals surface area contributed by atoms with Crippen molar-refractivity contribution in [3.8, 4) is 0 Å². The van der Waals surface area contributed by atoms with Crippen molar-refractivity contribution in [3.05, 3.63) is 29.8 Å². The molecule has 2 heterocycles. The molecule has 0 spiro atoms. The lowest BCUT2D eigenvalue weighted by Gasteiger charge is -2.08. The van der Waals surface area contributed by atoms with Crippen LogP contribution in [0.5, 0.6) is 0 Å². The Kier molecular flexibility index (Phi) is 3.99. The molecule has 0 saturated heterocycles. The Morgan fingerprint density at radius 1 is 1.39 bits per heavy atom. The van der Waals surface area contributed by atoms with Crippen molar-refractivity contribution in [2.45, 2.75) is 13.5 Å². The molecular weight excluding hydrogens is 230 g/mol. The summed E-state index contributed by atoms with van der Waals surface area (Å²) in [5.74, 6) is 0.869. The Bertz CT molecular complexity index is 502. The van der Waals surface area contributed by atoms with E-state index in [1.54, 1.807) is 11.8 Å². The van der Waals surface area contributed by atoms with E-state index in [0.717, 1.165) is 30.3 Å². The van der Waals surface area contributed by atoms with Gasteiger partial charge in [-0.1, -0.05) is 0 Å². The summed E-state index contributed by atoms with van der Waals surface area (Å²) >= 11 is 0. The fourth-order valence-corrected chi connectivity index (χ4v) is 1.82. The lowest BCUT2D eigenvalue weighted by Crippen LogP contribution is -2.12. The molecule has 0 radical (unpaired) electrons. The normalized spacial score (nSPS) is 10.8. The van der Waals surface area contributed by atoms with Crippen LogP contribution in [0, 0.1) is 6.92 Å². The lowest BCUT2D eigenvalue weighted by molar-refractivity contribution is 0.210. The van der Waals surface area contributed by atoms with E-state index in [9.17, 15) is 0 Å². The monoisotopic (exact) mass is 249 g/mol. The first-order valence-corrected chi connectivity index (χ1v) is 5.93. The minimum atomic E-state index is 0.665. The van der Waals surface area contributed by atoms with Crippen LogP contribution in [0.25, 0.3) is 0 Å². The Balaban J connectivity index is 2.06. The predicted octanol–water partition coefficient (Wildman–Crippen LogP) is 1.03. The van der Waals surface area contributed by atoms with Crippen LogP contribution in [-0.2, 0) is 18.3 Å². The largest absolute Gasteiger partial charge is 0.383 e. The average Bonchev–Trinajstić information content (AvgIpc) is 2.87. The van der Waals surface area contributed by atoms with E-state index in [-0.39, 0.29) is 0 Å². The van der Waals surface area contributed by atoms with Crippen LogP contribution in [-0.4, -0.2) is 39.6 Å². The second-order valence-electron chi connectivity index (χ2n) is 4.28. The number of hydrogen-bond donors (Lipinski definition) is 1. The lowest BCUT2D eigenvalue weighted by atomic mass is 10.3. The first kappa shape index (κ1) is 12.6. The molecular formula is C12H19N5O. The second-order valence-corrected chi connectivity index (χ2v) is 4.28. The van der Waals surface area contributed by atoms with E-state index >= 15 is 0 Å². The second kappa shape index (κ2) is 5.68. The number of nitrogens with zero attached hydrogens (tertiary/aromatic N) is 4. The molecule has 18 heavy (non-hydrogen) atoms. The molecule has 1 N–H and O–H groups in total. The van der Waals surface area contributed by atoms with Crippen molar-refractivity contribution in [2.24, 2.45) is 7.05 Å². The Hall–Kier alpha value is -1.82. The van der Waals surface area contributed by atoms with Gasteiger partial charge in [0.15, 0.2) is 0 Å². The van der Waals surface area contributed by atoms with E-state index < -0.39 is 0 Å². The number of hydrogen-bond acceptors (Lipinski definition) is 4. The molecule has 0 aliphatic carbocycles. The Morgan fingerprint density at radius 3 is 2.89 bits per heavy atom. The summed E-state index contributed by atoms with van der Waals surface area (Å²) in [6.45, 7) is 4.17. The molecule has 2 aromatic rings. The topological polar surface area (TPSA) is 56.9 Å². The molecule has 2 rings (SSSR count). The van der Waals surface area contributed by atoms with Gasteiger partial charge in [0, 0.05) is 38.7 Å². The molecule has 0 unspecified atom stereocenters. The summed E-state index contributed by atoms with van der Waals surface area (Å²) < 4.78 is 8.91. The van der Waals surface area contributed by atoms with Crippen molar-refractivity contribution in [2.75, 3.05) is 25.6 Å². The summed E-state index contributed by atoms with van der Waals surface area (Å²) in [6, 6.07) is 0. The third-order valence-corrected chi connectivity index (χ3v) is 2.60. The molecule has 0 amide bonds. The third-order valence-electron chi connectivity index (χ3n) is 2.60. The van der Waals surface area contributed by atoms with Crippen LogP contribution in [0.15, 0.2) is 18.6 Å². The van der Waals surface area contributed by atoms with Gasteiger partial charge in [0.25, 0.3) is 0 Å². The van der Waals surface area contributed by atoms with Gasteiger partial charge in [-0.2, -0.15) is 5.10 Å². The molecule has 0 aliphatic heterocycles. The van der Waals surface area contributed by atoms with Crippen LogP contribution in [0.3, 0.4) is 0 Å². The van der Waals surface area contributed by atoms with Crippen molar-refractivity contribution in [1.29, 1.82) is 0 Å². The van der Waals surface area contributed by atoms with Gasteiger partial charge in [-0.3, -0.25) is 4.68 Å². The number of aryl methyl sites for hydroxylation is 2. The maximum atomic E-state index is 5.02. The van der Waals surface area contributed by atoms with Crippen molar-refractivity contribution >= 4 is 5.95 Å². The molecule has 0 aromatic carbocycles. The van der Waals surface area contributed by atoms with Crippen LogP contribution >= 0.6 is 0 Å². The van der Waals surface area contributed by atoms with Gasteiger partial charge in [-0.05, 0) is 6.92 Å². The zero-order chi connectivity index (χ0) is 13.0. The summed E-state index contributed by atoms with van der Waals surface area (Å²) in [5.41, 5.74) is 2.16. The minimum absolute atomic E-state index is 0.665. The highest BCUT2D eigenvalue weighted by Gasteiger charge is 2.06. The molecule has 6 nitrogen and oxygen atoms in total. The van der Waals surface area contributed by atoms with Crippen molar-refractivity contribution in [1.82, 2.24) is 19.3 Å². The fourth-order valence-electron chi connectivity index (χ4n) is 1.82. The molecule has 0 bridgehead atoms. The summed E-state index contributed by atoms with van der Waals surface area (Å²) in [4.78, 5) is 4.45. The Labute approximate surface area is 107 Å². The first-order chi connectivity index (χ1) is 8.69. The maximum Gasteiger partial charge on any atom is 0.203 e. The zero-order valence-corrected chi connectivity index (χ0v) is 11.1. The van der Waals surface area contributed by atoms with E-state index in [1.807, 2.05) is 32.6 Å². The van der Waals surface area contributed by atoms with E-state index in [0.29, 0.717) is 6.61 Å². The predicted molar refractivity (Wildman–Crippen MR) is 69.6 cm³/mol. The number of rotatable bonds is 6. The number of imidazole rings is 1. The molecule has 0 atom stereocenters. The van der Waals surface area contributed by atoms with Crippen molar-refractivity contribution < 1.29 is 4.74 Å².